The van der Waals surface area contributed by atoms with E-state index in [0.717, 1.165) is 0 Å². The van der Waals surface area contributed by atoms with Gasteiger partial charge in [0, 0.05) is 0 Å². The summed E-state index contributed by atoms with van der Waals surface area (Å²) in [7, 11) is 0. The summed E-state index contributed by atoms with van der Waals surface area (Å²) in [6.45, 7) is -2.90. The van der Waals surface area contributed by atoms with E-state index in [1.54, 1.807) is 12.1 Å². The second-order valence-electron chi connectivity index (χ2n) is 2.68. The zero-order valence-corrected chi connectivity index (χ0v) is 9.44. The molecular weight excluding hydrogens is 293 g/mol. The molecule has 7 heteroatoms. The van der Waals surface area contributed by atoms with Crippen LogP contribution in [0.1, 0.15) is 0 Å². The predicted molar refractivity (Wildman–Crippen MR) is 55.4 cm³/mol. The molecule has 0 saturated carbocycles. The highest BCUT2D eigenvalue weighted by Gasteiger charge is 2.15. The van der Waals surface area contributed by atoms with E-state index in [1.807, 2.05) is 0 Å². The molecule has 1 aromatic heterocycles. The molecule has 0 saturated heterocycles. The van der Waals surface area contributed by atoms with Gasteiger partial charge in [0.15, 0.2) is 5.75 Å². The summed E-state index contributed by atoms with van der Waals surface area (Å²) in [5.41, 5.74) is 0.813. The van der Waals surface area contributed by atoms with Gasteiger partial charge in [0.25, 0.3) is 0 Å². The molecule has 0 atom stereocenters. The molecule has 0 unspecified atom stereocenters. The number of hydrogen-bond acceptors (Lipinski definition) is 2. The van der Waals surface area contributed by atoms with Crippen LogP contribution < -0.4 is 4.74 Å². The molecule has 0 aliphatic carbocycles. The first kappa shape index (κ1) is 10.6. The van der Waals surface area contributed by atoms with E-state index in [0.29, 0.717) is 9.99 Å². The van der Waals surface area contributed by atoms with Gasteiger partial charge in [0.05, 0.1) is 9.99 Å². The Morgan fingerprint density at radius 1 is 1.47 bits per heavy atom. The van der Waals surface area contributed by atoms with E-state index in [2.05, 4.69) is 30.6 Å². The molecule has 15 heavy (non-hydrogen) atoms. The second-order valence-corrected chi connectivity index (χ2v) is 3.89. The van der Waals surface area contributed by atoms with Crippen molar-refractivity contribution in [3.8, 4) is 5.75 Å². The maximum atomic E-state index is 12.1. The lowest BCUT2D eigenvalue weighted by molar-refractivity contribution is -0.0494. The summed E-state index contributed by atoms with van der Waals surface area (Å²) in [6.07, 6.45) is 0. The van der Waals surface area contributed by atoms with Crippen LogP contribution in [-0.4, -0.2) is 16.6 Å². The lowest BCUT2D eigenvalue weighted by Gasteiger charge is -2.06. The molecule has 3 nitrogen and oxygen atoms in total. The number of aromatic nitrogens is 2. The van der Waals surface area contributed by atoms with Gasteiger partial charge in [-0.2, -0.15) is 8.78 Å². The zero-order valence-electron chi connectivity index (χ0n) is 7.10. The predicted octanol–water partition coefficient (Wildman–Crippen LogP) is 3.58. The number of alkyl halides is 2. The fourth-order valence-electron chi connectivity index (χ4n) is 1.20. The van der Waals surface area contributed by atoms with Crippen molar-refractivity contribution < 1.29 is 13.5 Å². The Morgan fingerprint density at radius 3 is 2.87 bits per heavy atom. The van der Waals surface area contributed by atoms with E-state index < -0.39 is 6.61 Å². The lowest BCUT2D eigenvalue weighted by atomic mass is 10.3. The average Bonchev–Trinajstić information content (AvgIpc) is 2.51. The molecular formula is C8H4BrClF2N2O. The molecule has 0 aliphatic rings. The van der Waals surface area contributed by atoms with Gasteiger partial charge in [0.2, 0.25) is 5.28 Å². The first-order chi connectivity index (χ1) is 7.08. The molecule has 0 radical (unpaired) electrons. The Balaban J connectivity index is 2.62. The minimum atomic E-state index is -2.90. The third-order valence-corrected chi connectivity index (χ3v) is 2.54. The Bertz CT molecular complexity index is 503. The molecule has 1 aromatic carbocycles. The molecule has 1 N–H and O–H groups in total. The van der Waals surface area contributed by atoms with Crippen molar-refractivity contribution in [2.45, 2.75) is 6.61 Å². The minimum absolute atomic E-state index is 0.0225. The third kappa shape index (κ3) is 2.05. The summed E-state index contributed by atoms with van der Waals surface area (Å²) in [6, 6.07) is 3.24. The van der Waals surface area contributed by atoms with Gasteiger partial charge in [-0.05, 0) is 39.7 Å². The zero-order chi connectivity index (χ0) is 11.0. The van der Waals surface area contributed by atoms with Gasteiger partial charge in [-0.1, -0.05) is 0 Å². The van der Waals surface area contributed by atoms with Gasteiger partial charge in [-0.25, -0.2) is 4.98 Å². The van der Waals surface area contributed by atoms with Crippen molar-refractivity contribution in [3.05, 3.63) is 21.9 Å². The topological polar surface area (TPSA) is 37.9 Å². The van der Waals surface area contributed by atoms with Crippen LogP contribution in [0.25, 0.3) is 11.0 Å². The van der Waals surface area contributed by atoms with Crippen molar-refractivity contribution in [1.29, 1.82) is 0 Å². The maximum absolute atomic E-state index is 12.1. The van der Waals surface area contributed by atoms with Crippen molar-refractivity contribution in [3.63, 3.8) is 0 Å². The van der Waals surface area contributed by atoms with Crippen molar-refractivity contribution in [1.82, 2.24) is 9.97 Å². The first-order valence-electron chi connectivity index (χ1n) is 3.86. The summed E-state index contributed by atoms with van der Waals surface area (Å²) < 4.78 is 29.0. The maximum Gasteiger partial charge on any atom is 0.387 e. The fourth-order valence-corrected chi connectivity index (χ4v) is 1.80. The number of nitrogens with one attached hydrogen (secondary N) is 1. The molecule has 1 heterocycles. The third-order valence-electron chi connectivity index (χ3n) is 1.74. The highest BCUT2D eigenvalue weighted by Crippen LogP contribution is 2.34. The van der Waals surface area contributed by atoms with Gasteiger partial charge in [-0.15, -0.1) is 0 Å². The number of imidazole rings is 1. The number of nitrogens with zero attached hydrogens (tertiary/aromatic N) is 1. The smallest absolute Gasteiger partial charge is 0.387 e. The molecule has 2 rings (SSSR count). The molecule has 0 fully saturated rings. The number of H-pyrrole nitrogens is 1. The Kier molecular flexibility index (Phi) is 2.79. The summed E-state index contributed by atoms with van der Waals surface area (Å²) in [5, 5.41) is 0.127. The number of halogens is 4. The lowest BCUT2D eigenvalue weighted by Crippen LogP contribution is -2.03. The Morgan fingerprint density at radius 2 is 2.20 bits per heavy atom. The highest BCUT2D eigenvalue weighted by molar-refractivity contribution is 9.10. The van der Waals surface area contributed by atoms with Crippen LogP contribution >= 0.6 is 27.5 Å². The first-order valence-corrected chi connectivity index (χ1v) is 5.03. The van der Waals surface area contributed by atoms with Gasteiger partial charge < -0.3 is 9.72 Å². The Labute approximate surface area is 96.5 Å². The SMILES string of the molecule is FC(F)Oc1c(Br)ccc2[nH]c(Cl)nc12. The van der Waals surface area contributed by atoms with Crippen molar-refractivity contribution in [2.75, 3.05) is 0 Å². The van der Waals surface area contributed by atoms with Crippen LogP contribution in [-0.2, 0) is 0 Å². The standard InChI is InChI=1S/C8H4BrClF2N2O/c9-3-1-2-4-5(14-7(10)13-4)6(3)15-8(11)12/h1-2,8H,(H,13,14). The molecule has 0 aliphatic heterocycles. The van der Waals surface area contributed by atoms with Gasteiger partial charge in [-0.3, -0.25) is 0 Å². The van der Waals surface area contributed by atoms with Crippen LogP contribution in [0.15, 0.2) is 16.6 Å². The number of fused-ring (bicyclic) bond motifs is 1. The number of ether oxygens (including phenoxy) is 1. The molecule has 0 spiro atoms. The van der Waals surface area contributed by atoms with Gasteiger partial charge in [0.1, 0.15) is 5.52 Å². The van der Waals surface area contributed by atoms with Crippen LogP contribution in [0, 0.1) is 0 Å². The molecule has 80 valence electrons. The fraction of sp³-hybridized carbons (Fsp3) is 0.125. The average molecular weight is 297 g/mol. The van der Waals surface area contributed by atoms with Crippen molar-refractivity contribution >= 4 is 38.6 Å². The van der Waals surface area contributed by atoms with E-state index in [4.69, 9.17) is 11.6 Å². The van der Waals surface area contributed by atoms with Gasteiger partial charge >= 0.3 is 6.61 Å². The monoisotopic (exact) mass is 296 g/mol. The summed E-state index contributed by atoms with van der Waals surface area (Å²) >= 11 is 8.72. The normalized spacial score (nSPS) is 11.3. The van der Waals surface area contributed by atoms with Crippen LogP contribution in [0.4, 0.5) is 8.78 Å². The van der Waals surface area contributed by atoms with E-state index in [-0.39, 0.29) is 16.5 Å². The minimum Gasteiger partial charge on any atom is -0.431 e. The number of aromatic amines is 1. The Hall–Kier alpha value is -0.880. The van der Waals surface area contributed by atoms with Crippen LogP contribution in [0.3, 0.4) is 0 Å². The molecule has 0 amide bonds. The number of hydrogen-bond donors (Lipinski definition) is 1. The van der Waals surface area contributed by atoms with E-state index in [9.17, 15) is 8.78 Å². The largest absolute Gasteiger partial charge is 0.431 e. The summed E-state index contributed by atoms with van der Waals surface area (Å²) in [5.74, 6) is -0.0225. The quantitative estimate of drug-likeness (QED) is 0.920. The number of rotatable bonds is 2. The van der Waals surface area contributed by atoms with Crippen LogP contribution in [0.5, 0.6) is 5.75 Å². The molecule has 0 bridgehead atoms. The summed E-state index contributed by atoms with van der Waals surface area (Å²) in [4.78, 5) is 6.56. The van der Waals surface area contributed by atoms with E-state index in [1.165, 1.54) is 0 Å². The van der Waals surface area contributed by atoms with Crippen molar-refractivity contribution in [2.24, 2.45) is 0 Å². The molecule has 2 aromatic rings. The second kappa shape index (κ2) is 3.94. The van der Waals surface area contributed by atoms with E-state index >= 15 is 0 Å². The highest BCUT2D eigenvalue weighted by atomic mass is 79.9. The number of benzene rings is 1. The van der Waals surface area contributed by atoms with Crippen LogP contribution in [0.2, 0.25) is 5.28 Å².